The van der Waals surface area contributed by atoms with Crippen LogP contribution in [0.5, 0.6) is 23.0 Å². The topological polar surface area (TPSA) is 98.9 Å². The maximum Gasteiger partial charge on any atom is 0.352 e. The van der Waals surface area contributed by atoms with Crippen LogP contribution >= 0.6 is 0 Å². The third kappa shape index (κ3) is 3.68. The number of benzene rings is 2. The molecule has 0 bridgehead atoms. The van der Waals surface area contributed by atoms with E-state index in [4.69, 9.17) is 18.9 Å². The van der Waals surface area contributed by atoms with Gasteiger partial charge < -0.3 is 24.1 Å². The predicted molar refractivity (Wildman–Crippen MR) is 113 cm³/mol. The molecule has 0 fully saturated rings. The van der Waals surface area contributed by atoms with Gasteiger partial charge in [0.05, 0.1) is 28.4 Å². The van der Waals surface area contributed by atoms with Crippen molar-refractivity contribution < 1.29 is 28.8 Å². The van der Waals surface area contributed by atoms with E-state index in [0.717, 1.165) is 5.56 Å². The Kier molecular flexibility index (Phi) is 6.25. The lowest BCUT2D eigenvalue weighted by molar-refractivity contribution is -0.129. The van der Waals surface area contributed by atoms with Gasteiger partial charge in [0.1, 0.15) is 5.71 Å². The molecule has 30 heavy (non-hydrogen) atoms. The van der Waals surface area contributed by atoms with Crippen LogP contribution in [0.15, 0.2) is 40.5 Å². The summed E-state index contributed by atoms with van der Waals surface area (Å²) in [4.78, 5) is 11.9. The number of nitrogens with zero attached hydrogens (tertiary/aromatic N) is 2. The summed E-state index contributed by atoms with van der Waals surface area (Å²) in [6.07, 6.45) is 0.530. The summed E-state index contributed by atoms with van der Waals surface area (Å²) in [6, 6.07) is 8.96. The van der Waals surface area contributed by atoms with E-state index < -0.39 is 11.9 Å². The normalized spacial score (nSPS) is 15.3. The van der Waals surface area contributed by atoms with Crippen LogP contribution in [0.25, 0.3) is 0 Å². The number of methoxy groups -OCH3 is 4. The van der Waals surface area contributed by atoms with Crippen LogP contribution in [0.1, 0.15) is 36.0 Å². The fourth-order valence-corrected chi connectivity index (χ4v) is 3.56. The Morgan fingerprint density at radius 2 is 1.50 bits per heavy atom. The Morgan fingerprint density at radius 1 is 0.900 bits per heavy atom. The van der Waals surface area contributed by atoms with Crippen molar-refractivity contribution in [3.63, 3.8) is 0 Å². The zero-order valence-corrected chi connectivity index (χ0v) is 17.6. The molecule has 8 nitrogen and oxygen atoms in total. The Morgan fingerprint density at radius 3 is 2.07 bits per heavy atom. The molecule has 158 valence electrons. The third-order valence-corrected chi connectivity index (χ3v) is 5.06. The Bertz CT molecular complexity index is 1030. The highest BCUT2D eigenvalue weighted by atomic mass is 16.5. The Hall–Kier alpha value is -3.55. The number of hydrogen-bond donors (Lipinski definition) is 1. The first kappa shape index (κ1) is 21.2. The molecule has 0 saturated heterocycles. The van der Waals surface area contributed by atoms with Crippen molar-refractivity contribution in [3.05, 3.63) is 47.0 Å². The Labute approximate surface area is 174 Å². The van der Waals surface area contributed by atoms with Gasteiger partial charge in [-0.25, -0.2) is 4.79 Å². The fourth-order valence-electron chi connectivity index (χ4n) is 3.56. The smallest absolute Gasteiger partial charge is 0.352 e. The van der Waals surface area contributed by atoms with Crippen LogP contribution in [0.2, 0.25) is 0 Å². The lowest BCUT2D eigenvalue weighted by atomic mass is 9.85. The molecule has 0 saturated carbocycles. The van der Waals surface area contributed by atoms with Gasteiger partial charge in [0.2, 0.25) is 0 Å². The molecule has 3 rings (SSSR count). The summed E-state index contributed by atoms with van der Waals surface area (Å²) in [5.74, 6) is 0.548. The van der Waals surface area contributed by atoms with Crippen LogP contribution in [-0.2, 0) is 4.79 Å². The van der Waals surface area contributed by atoms with Gasteiger partial charge in [0.25, 0.3) is 0 Å². The van der Waals surface area contributed by atoms with Gasteiger partial charge in [-0.2, -0.15) is 0 Å². The van der Waals surface area contributed by atoms with Crippen molar-refractivity contribution in [3.8, 4) is 23.0 Å². The SMILES string of the molecule is CCC1C(C(=O)O)=NN=C(c2ccc(OC)c(OC)c2)c2cc(OC)c(OC)cc21. The average Bonchev–Trinajstić information content (AvgIpc) is 2.93. The van der Waals surface area contributed by atoms with Gasteiger partial charge >= 0.3 is 5.97 Å². The molecule has 0 spiro atoms. The van der Waals surface area contributed by atoms with E-state index in [0.29, 0.717) is 46.3 Å². The van der Waals surface area contributed by atoms with E-state index in [1.165, 1.54) is 7.11 Å². The summed E-state index contributed by atoms with van der Waals surface area (Å²) in [5, 5.41) is 18.2. The first-order valence-corrected chi connectivity index (χ1v) is 9.36. The van der Waals surface area contributed by atoms with Gasteiger partial charge in [-0.1, -0.05) is 6.92 Å². The molecule has 1 aliphatic rings. The maximum absolute atomic E-state index is 11.9. The number of fused-ring (bicyclic) bond motifs is 1. The largest absolute Gasteiger partial charge is 0.493 e. The summed E-state index contributed by atoms with van der Waals surface area (Å²) in [7, 11) is 6.19. The summed E-state index contributed by atoms with van der Waals surface area (Å²) in [6.45, 7) is 1.91. The summed E-state index contributed by atoms with van der Waals surface area (Å²) >= 11 is 0. The van der Waals surface area contributed by atoms with Gasteiger partial charge in [0.15, 0.2) is 28.7 Å². The summed E-state index contributed by atoms with van der Waals surface area (Å²) < 4.78 is 21.7. The second-order valence-corrected chi connectivity index (χ2v) is 6.56. The summed E-state index contributed by atoms with van der Waals surface area (Å²) in [5.41, 5.74) is 2.64. The van der Waals surface area contributed by atoms with Crippen LogP contribution in [0, 0.1) is 0 Å². The molecule has 1 atom stereocenters. The lowest BCUT2D eigenvalue weighted by Gasteiger charge is -2.20. The number of carboxylic acid groups (broad SMARTS) is 1. The van der Waals surface area contributed by atoms with Crippen molar-refractivity contribution in [1.82, 2.24) is 0 Å². The van der Waals surface area contributed by atoms with E-state index in [1.807, 2.05) is 13.0 Å². The van der Waals surface area contributed by atoms with Crippen molar-refractivity contribution >= 4 is 17.4 Å². The molecule has 1 N–H and O–H groups in total. The molecule has 0 aromatic heterocycles. The van der Waals surface area contributed by atoms with Crippen molar-refractivity contribution in [2.75, 3.05) is 28.4 Å². The molecule has 1 unspecified atom stereocenters. The minimum atomic E-state index is -1.11. The molecular weight excluding hydrogens is 388 g/mol. The third-order valence-electron chi connectivity index (χ3n) is 5.06. The van der Waals surface area contributed by atoms with Crippen molar-refractivity contribution in [1.29, 1.82) is 0 Å². The number of hydrogen-bond acceptors (Lipinski definition) is 7. The van der Waals surface area contributed by atoms with E-state index in [2.05, 4.69) is 10.2 Å². The lowest BCUT2D eigenvalue weighted by Crippen LogP contribution is -2.22. The molecule has 0 radical (unpaired) electrons. The second kappa shape index (κ2) is 8.86. The number of ether oxygens (including phenoxy) is 4. The number of carboxylic acids is 1. The minimum absolute atomic E-state index is 0.0264. The second-order valence-electron chi connectivity index (χ2n) is 6.56. The van der Waals surface area contributed by atoms with E-state index in [9.17, 15) is 9.90 Å². The highest BCUT2D eigenvalue weighted by molar-refractivity contribution is 6.38. The number of aliphatic carboxylic acids is 1. The van der Waals surface area contributed by atoms with E-state index >= 15 is 0 Å². The standard InChI is InChI=1S/C22H24N2O6/c1-6-13-14-10-18(29-4)19(30-5)11-15(14)20(23-24-21(13)22(25)26)12-7-8-16(27-2)17(9-12)28-3/h7-11,13H,6H2,1-5H3,(H,25,26). The molecule has 0 aliphatic carbocycles. The van der Waals surface area contributed by atoms with Crippen molar-refractivity contribution in [2.45, 2.75) is 19.3 Å². The van der Waals surface area contributed by atoms with E-state index in [-0.39, 0.29) is 5.71 Å². The van der Waals surface area contributed by atoms with Gasteiger partial charge in [-0.15, -0.1) is 10.2 Å². The average molecular weight is 412 g/mol. The molecule has 1 heterocycles. The fraction of sp³-hybridized carbons (Fsp3) is 0.318. The Balaban J connectivity index is 2.31. The van der Waals surface area contributed by atoms with Crippen LogP contribution in [0.4, 0.5) is 0 Å². The maximum atomic E-state index is 11.9. The van der Waals surface area contributed by atoms with E-state index in [1.54, 1.807) is 45.6 Å². The molecule has 1 aliphatic heterocycles. The number of rotatable bonds is 7. The zero-order valence-electron chi connectivity index (χ0n) is 17.6. The van der Waals surface area contributed by atoms with Gasteiger partial charge in [-0.3, -0.25) is 0 Å². The highest BCUT2D eigenvalue weighted by Crippen LogP contribution is 2.39. The molecule has 0 amide bonds. The van der Waals surface area contributed by atoms with Gasteiger partial charge in [0, 0.05) is 17.0 Å². The van der Waals surface area contributed by atoms with Crippen LogP contribution in [0.3, 0.4) is 0 Å². The molecule has 8 heteroatoms. The van der Waals surface area contributed by atoms with Crippen molar-refractivity contribution in [2.24, 2.45) is 10.2 Å². The molecule has 2 aromatic carbocycles. The monoisotopic (exact) mass is 412 g/mol. The van der Waals surface area contributed by atoms with Gasteiger partial charge in [-0.05, 0) is 42.3 Å². The molecular formula is C22H24N2O6. The first-order valence-electron chi connectivity index (χ1n) is 9.36. The molecule has 2 aromatic rings. The first-order chi connectivity index (χ1) is 14.5. The predicted octanol–water partition coefficient (Wildman–Crippen LogP) is 3.51. The number of carbonyl (C=O) groups is 1. The van der Waals surface area contributed by atoms with Crippen LogP contribution < -0.4 is 18.9 Å². The highest BCUT2D eigenvalue weighted by Gasteiger charge is 2.31. The zero-order chi connectivity index (χ0) is 21.8. The van der Waals surface area contributed by atoms with Crippen LogP contribution in [-0.4, -0.2) is 50.9 Å². The quantitative estimate of drug-likeness (QED) is 0.747. The minimum Gasteiger partial charge on any atom is -0.493 e.